The van der Waals surface area contributed by atoms with E-state index < -0.39 is 36.3 Å². The molecule has 3 rings (SSSR count). The lowest BCUT2D eigenvalue weighted by atomic mass is 10.0. The van der Waals surface area contributed by atoms with Crippen LogP contribution in [0.2, 0.25) is 0 Å². The van der Waals surface area contributed by atoms with Gasteiger partial charge < -0.3 is 26.2 Å². The third kappa shape index (κ3) is 5.61. The van der Waals surface area contributed by atoms with Crippen LogP contribution < -0.4 is 16.0 Å². The summed E-state index contributed by atoms with van der Waals surface area (Å²) in [5.41, 5.74) is 0.622. The lowest BCUT2D eigenvalue weighted by molar-refractivity contribution is -0.145. The zero-order valence-corrected chi connectivity index (χ0v) is 18.0. The molecule has 32 heavy (non-hydrogen) atoms. The third-order valence-corrected chi connectivity index (χ3v) is 5.17. The number of amides is 3. The van der Waals surface area contributed by atoms with E-state index in [-0.39, 0.29) is 11.3 Å². The molecule has 10 heteroatoms. The number of hydrogen-bond donors (Lipinski definition) is 5. The zero-order valence-electron chi connectivity index (χ0n) is 16.5. The molecule has 3 aromatic rings. The molecule has 0 aliphatic carbocycles. The number of carboxylic acids is 2. The number of aliphatic carboxylic acids is 2. The van der Waals surface area contributed by atoms with Gasteiger partial charge in [0.25, 0.3) is 5.91 Å². The van der Waals surface area contributed by atoms with Gasteiger partial charge in [0.1, 0.15) is 6.04 Å². The minimum atomic E-state index is -1.63. The van der Waals surface area contributed by atoms with E-state index in [0.29, 0.717) is 15.5 Å². The first kappa shape index (κ1) is 22.8. The minimum Gasteiger partial charge on any atom is -0.481 e. The molecule has 3 amide bonds. The molecule has 0 aliphatic rings. The molecule has 0 saturated heterocycles. The van der Waals surface area contributed by atoms with Crippen LogP contribution in [0.25, 0.3) is 10.8 Å². The van der Waals surface area contributed by atoms with Crippen molar-refractivity contribution in [3.8, 4) is 0 Å². The predicted molar refractivity (Wildman–Crippen MR) is 122 cm³/mol. The fraction of sp³-hybridized carbons (Fsp3) is 0.0909. The quantitative estimate of drug-likeness (QED) is 0.333. The Kier molecular flexibility index (Phi) is 7.06. The number of halogens is 1. The second-order valence-electron chi connectivity index (χ2n) is 6.77. The Hall–Kier alpha value is -3.92. The SMILES string of the molecule is O=C(O)C[C@H](NC(=O)c1cc2ccccc2cc1NC(=O)Nc1ccccc1Br)C(=O)O. The molecule has 9 nitrogen and oxygen atoms in total. The van der Waals surface area contributed by atoms with Gasteiger partial charge >= 0.3 is 18.0 Å². The molecule has 1 atom stereocenters. The standard InChI is InChI=1S/C22H18BrN3O6/c23-15-7-3-4-8-16(15)25-22(32)26-17-10-13-6-2-1-5-12(13)9-14(17)20(29)24-18(21(30)31)11-19(27)28/h1-10,18H,11H2,(H,24,29)(H,27,28)(H,30,31)(H2,25,26,32)/t18-/m0/s1. The molecule has 0 saturated carbocycles. The number of benzene rings is 3. The van der Waals surface area contributed by atoms with Gasteiger partial charge in [0, 0.05) is 4.47 Å². The van der Waals surface area contributed by atoms with Crippen molar-refractivity contribution >= 4 is 62.0 Å². The summed E-state index contributed by atoms with van der Waals surface area (Å²) >= 11 is 3.33. The Morgan fingerprint density at radius 3 is 2.06 bits per heavy atom. The van der Waals surface area contributed by atoms with Gasteiger partial charge in [0.05, 0.1) is 23.4 Å². The molecule has 0 unspecified atom stereocenters. The van der Waals surface area contributed by atoms with Crippen molar-refractivity contribution in [1.82, 2.24) is 5.32 Å². The van der Waals surface area contributed by atoms with Crippen molar-refractivity contribution < 1.29 is 29.4 Å². The number of para-hydroxylation sites is 1. The topological polar surface area (TPSA) is 145 Å². The van der Waals surface area contributed by atoms with Crippen molar-refractivity contribution in [1.29, 1.82) is 0 Å². The van der Waals surface area contributed by atoms with E-state index in [4.69, 9.17) is 5.11 Å². The summed E-state index contributed by atoms with van der Waals surface area (Å²) in [5.74, 6) is -3.69. The maximum atomic E-state index is 12.9. The molecule has 0 aromatic heterocycles. The van der Waals surface area contributed by atoms with Gasteiger partial charge in [-0.15, -0.1) is 0 Å². The minimum absolute atomic E-state index is 0.0115. The van der Waals surface area contributed by atoms with Gasteiger partial charge in [-0.05, 0) is 51.0 Å². The smallest absolute Gasteiger partial charge is 0.326 e. The molecule has 0 bridgehead atoms. The van der Waals surface area contributed by atoms with Crippen molar-refractivity contribution in [2.75, 3.05) is 10.6 Å². The van der Waals surface area contributed by atoms with E-state index in [0.717, 1.165) is 5.39 Å². The molecule has 3 aromatic carbocycles. The molecular formula is C22H18BrN3O6. The maximum Gasteiger partial charge on any atom is 0.326 e. The summed E-state index contributed by atoms with van der Waals surface area (Å²) in [4.78, 5) is 47.7. The van der Waals surface area contributed by atoms with Crippen LogP contribution in [0.1, 0.15) is 16.8 Å². The van der Waals surface area contributed by atoms with Gasteiger partial charge in [0.15, 0.2) is 0 Å². The van der Waals surface area contributed by atoms with E-state index in [9.17, 15) is 24.3 Å². The monoisotopic (exact) mass is 499 g/mol. The molecule has 0 heterocycles. The van der Waals surface area contributed by atoms with E-state index in [1.807, 2.05) is 0 Å². The molecule has 5 N–H and O–H groups in total. The van der Waals surface area contributed by atoms with Crippen molar-refractivity contribution in [3.05, 3.63) is 70.7 Å². The second kappa shape index (κ2) is 9.92. The lowest BCUT2D eigenvalue weighted by Gasteiger charge is -2.16. The number of urea groups is 1. The fourth-order valence-corrected chi connectivity index (χ4v) is 3.36. The number of fused-ring (bicyclic) bond motifs is 1. The van der Waals surface area contributed by atoms with Crippen LogP contribution in [0, 0.1) is 0 Å². The summed E-state index contributed by atoms with van der Waals surface area (Å²) in [7, 11) is 0. The van der Waals surface area contributed by atoms with Crippen LogP contribution in [-0.4, -0.2) is 40.1 Å². The summed E-state index contributed by atoms with van der Waals surface area (Å²) in [6, 6.07) is 14.9. The van der Waals surface area contributed by atoms with Crippen LogP contribution >= 0.6 is 15.9 Å². The highest BCUT2D eigenvalue weighted by atomic mass is 79.9. The molecule has 0 radical (unpaired) electrons. The highest BCUT2D eigenvalue weighted by Gasteiger charge is 2.25. The highest BCUT2D eigenvalue weighted by molar-refractivity contribution is 9.10. The van der Waals surface area contributed by atoms with Crippen LogP contribution in [-0.2, 0) is 9.59 Å². The number of carboxylic acid groups (broad SMARTS) is 2. The summed E-state index contributed by atoms with van der Waals surface area (Å²) < 4.78 is 0.657. The number of hydrogen-bond acceptors (Lipinski definition) is 4. The van der Waals surface area contributed by atoms with Crippen molar-refractivity contribution in [2.24, 2.45) is 0 Å². The predicted octanol–water partition coefficient (Wildman–Crippen LogP) is 3.90. The average Bonchev–Trinajstić information content (AvgIpc) is 2.74. The van der Waals surface area contributed by atoms with Crippen LogP contribution in [0.4, 0.5) is 16.2 Å². The molecule has 0 aliphatic heterocycles. The van der Waals surface area contributed by atoms with Gasteiger partial charge in [-0.1, -0.05) is 36.4 Å². The Bertz CT molecular complexity index is 1210. The first-order valence-corrected chi connectivity index (χ1v) is 10.1. The van der Waals surface area contributed by atoms with Crippen LogP contribution in [0.5, 0.6) is 0 Å². The molecule has 164 valence electrons. The van der Waals surface area contributed by atoms with E-state index in [2.05, 4.69) is 31.9 Å². The Morgan fingerprint density at radius 1 is 0.844 bits per heavy atom. The first-order valence-electron chi connectivity index (χ1n) is 9.35. The molecule has 0 fully saturated rings. The zero-order chi connectivity index (χ0) is 23.3. The maximum absolute atomic E-state index is 12.9. The summed E-state index contributed by atoms with van der Waals surface area (Å²) in [6.07, 6.45) is -0.792. The van der Waals surface area contributed by atoms with Crippen molar-refractivity contribution in [2.45, 2.75) is 12.5 Å². The molecule has 0 spiro atoms. The summed E-state index contributed by atoms with van der Waals surface area (Å²) in [6.45, 7) is 0. The van der Waals surface area contributed by atoms with E-state index >= 15 is 0 Å². The highest BCUT2D eigenvalue weighted by Crippen LogP contribution is 2.26. The lowest BCUT2D eigenvalue weighted by Crippen LogP contribution is -2.42. The average molecular weight is 500 g/mol. The Balaban J connectivity index is 1.92. The molecular weight excluding hydrogens is 482 g/mol. The summed E-state index contributed by atoms with van der Waals surface area (Å²) in [5, 5.41) is 27.0. The number of carbonyl (C=O) groups is 4. The Labute approximate surface area is 190 Å². The normalized spacial score (nSPS) is 11.4. The number of anilines is 2. The fourth-order valence-electron chi connectivity index (χ4n) is 2.98. The van der Waals surface area contributed by atoms with Gasteiger partial charge in [-0.2, -0.15) is 0 Å². The second-order valence-corrected chi connectivity index (χ2v) is 7.62. The Morgan fingerprint density at radius 2 is 1.44 bits per heavy atom. The van der Waals surface area contributed by atoms with Crippen molar-refractivity contribution in [3.63, 3.8) is 0 Å². The third-order valence-electron chi connectivity index (χ3n) is 4.48. The van der Waals surface area contributed by atoms with E-state index in [1.54, 1.807) is 54.6 Å². The number of nitrogens with one attached hydrogen (secondary N) is 3. The largest absolute Gasteiger partial charge is 0.481 e. The number of rotatable bonds is 7. The van der Waals surface area contributed by atoms with E-state index in [1.165, 1.54) is 6.07 Å². The van der Waals surface area contributed by atoms with Crippen LogP contribution in [0.15, 0.2) is 65.1 Å². The van der Waals surface area contributed by atoms with Gasteiger partial charge in [-0.25, -0.2) is 9.59 Å². The first-order chi connectivity index (χ1) is 15.2. The van der Waals surface area contributed by atoms with Gasteiger partial charge in [0.2, 0.25) is 0 Å². The van der Waals surface area contributed by atoms with Gasteiger partial charge in [-0.3, -0.25) is 9.59 Å². The van der Waals surface area contributed by atoms with Crippen LogP contribution in [0.3, 0.4) is 0 Å². The number of carbonyl (C=O) groups excluding carboxylic acids is 2.